The van der Waals surface area contributed by atoms with E-state index >= 15 is 0 Å². The Labute approximate surface area is 125 Å². The molecule has 1 aliphatic heterocycles. The van der Waals surface area contributed by atoms with Crippen molar-refractivity contribution in [2.75, 3.05) is 36.9 Å². The monoisotopic (exact) mass is 292 g/mol. The molecule has 0 spiro atoms. The number of benzene rings is 1. The molecule has 116 valence electrons. The molecule has 5 heteroatoms. The van der Waals surface area contributed by atoms with Gasteiger partial charge >= 0.3 is 5.97 Å². The summed E-state index contributed by atoms with van der Waals surface area (Å²) in [6.45, 7) is 4.24. The van der Waals surface area contributed by atoms with Crippen LogP contribution in [0.5, 0.6) is 0 Å². The van der Waals surface area contributed by atoms with Crippen LogP contribution in [0.1, 0.15) is 36.5 Å². The van der Waals surface area contributed by atoms with E-state index in [2.05, 4.69) is 4.90 Å². The van der Waals surface area contributed by atoms with Crippen molar-refractivity contribution >= 4 is 17.3 Å². The van der Waals surface area contributed by atoms with Crippen LogP contribution in [-0.4, -0.2) is 37.4 Å². The maximum atomic E-state index is 11.7. The highest BCUT2D eigenvalue weighted by Gasteiger charge is 2.21. The topological polar surface area (TPSA) is 75.8 Å². The third-order valence-corrected chi connectivity index (χ3v) is 3.94. The summed E-state index contributed by atoms with van der Waals surface area (Å²) in [7, 11) is 0. The maximum Gasteiger partial charge on any atom is 0.338 e. The summed E-state index contributed by atoms with van der Waals surface area (Å²) in [6, 6.07) is 5.34. The summed E-state index contributed by atoms with van der Waals surface area (Å²) in [4.78, 5) is 13.9. The molecule has 3 N–H and O–H groups in total. The van der Waals surface area contributed by atoms with Crippen LogP contribution in [0.2, 0.25) is 0 Å². The molecular weight excluding hydrogens is 268 g/mol. The highest BCUT2D eigenvalue weighted by molar-refractivity contribution is 5.92. The van der Waals surface area contributed by atoms with Gasteiger partial charge in [0.2, 0.25) is 0 Å². The first-order valence-corrected chi connectivity index (χ1v) is 7.58. The summed E-state index contributed by atoms with van der Waals surface area (Å²) >= 11 is 0. The minimum atomic E-state index is -0.340. The zero-order chi connectivity index (χ0) is 15.2. The van der Waals surface area contributed by atoms with Gasteiger partial charge < -0.3 is 20.5 Å². The molecule has 21 heavy (non-hydrogen) atoms. The van der Waals surface area contributed by atoms with Gasteiger partial charge in [0, 0.05) is 19.7 Å². The number of carbonyl (C=O) groups is 1. The van der Waals surface area contributed by atoms with E-state index in [1.54, 1.807) is 19.1 Å². The Morgan fingerprint density at radius 3 is 3.00 bits per heavy atom. The Morgan fingerprint density at radius 2 is 2.33 bits per heavy atom. The van der Waals surface area contributed by atoms with Crippen LogP contribution in [-0.2, 0) is 4.74 Å². The van der Waals surface area contributed by atoms with E-state index < -0.39 is 0 Å². The lowest BCUT2D eigenvalue weighted by Gasteiger charge is -2.35. The zero-order valence-corrected chi connectivity index (χ0v) is 12.5. The Balaban J connectivity index is 2.11. The molecule has 1 unspecified atom stereocenters. The quantitative estimate of drug-likeness (QED) is 0.641. The van der Waals surface area contributed by atoms with Crippen LogP contribution >= 0.6 is 0 Å². The van der Waals surface area contributed by atoms with E-state index in [1.807, 2.05) is 6.07 Å². The molecule has 1 aromatic carbocycles. The van der Waals surface area contributed by atoms with Gasteiger partial charge in [-0.15, -0.1) is 0 Å². The Hall–Kier alpha value is -1.75. The number of anilines is 2. The average Bonchev–Trinajstić information content (AvgIpc) is 2.48. The molecule has 0 amide bonds. The van der Waals surface area contributed by atoms with E-state index in [0.29, 0.717) is 23.8 Å². The number of nitrogens with two attached hydrogens (primary N) is 1. The van der Waals surface area contributed by atoms with Gasteiger partial charge in [-0.25, -0.2) is 4.79 Å². The van der Waals surface area contributed by atoms with Crippen LogP contribution in [0.3, 0.4) is 0 Å². The Morgan fingerprint density at radius 1 is 1.52 bits per heavy atom. The predicted octanol–water partition coefficient (Wildman–Crippen LogP) is 2.04. The van der Waals surface area contributed by atoms with Crippen LogP contribution < -0.4 is 10.6 Å². The third kappa shape index (κ3) is 3.88. The fraction of sp³-hybridized carbons (Fsp3) is 0.562. The van der Waals surface area contributed by atoms with Crippen molar-refractivity contribution in [3.63, 3.8) is 0 Å². The number of aliphatic hydroxyl groups excluding tert-OH is 1. The van der Waals surface area contributed by atoms with Gasteiger partial charge in [0.25, 0.3) is 0 Å². The first-order valence-electron chi connectivity index (χ1n) is 7.58. The molecule has 2 rings (SSSR count). The fourth-order valence-electron chi connectivity index (χ4n) is 2.89. The lowest BCUT2D eigenvalue weighted by atomic mass is 9.94. The van der Waals surface area contributed by atoms with Crippen molar-refractivity contribution in [3.8, 4) is 0 Å². The van der Waals surface area contributed by atoms with Gasteiger partial charge in [-0.2, -0.15) is 0 Å². The molecule has 1 fully saturated rings. The first-order chi connectivity index (χ1) is 10.2. The summed E-state index contributed by atoms with van der Waals surface area (Å²) in [5, 5.41) is 9.08. The molecule has 5 nitrogen and oxygen atoms in total. The maximum absolute atomic E-state index is 11.7. The molecule has 0 saturated carbocycles. The molecule has 1 saturated heterocycles. The van der Waals surface area contributed by atoms with E-state index in [0.717, 1.165) is 38.0 Å². The number of nitrogen functional groups attached to an aromatic ring is 1. The highest BCUT2D eigenvalue weighted by Crippen LogP contribution is 2.30. The van der Waals surface area contributed by atoms with Crippen molar-refractivity contribution in [1.29, 1.82) is 0 Å². The number of hydrogen-bond donors (Lipinski definition) is 2. The molecule has 0 bridgehead atoms. The summed E-state index contributed by atoms with van der Waals surface area (Å²) < 4.78 is 4.98. The fourth-order valence-corrected chi connectivity index (χ4v) is 2.89. The number of hydrogen-bond acceptors (Lipinski definition) is 5. The SMILES string of the molecule is CCOC(=O)c1ccc(N2CCCC(CCO)C2)c(N)c1. The van der Waals surface area contributed by atoms with Crippen LogP contribution in [0.15, 0.2) is 18.2 Å². The van der Waals surface area contributed by atoms with Crippen LogP contribution in [0.25, 0.3) is 0 Å². The number of esters is 1. The molecule has 1 heterocycles. The molecule has 1 atom stereocenters. The molecule has 0 aromatic heterocycles. The number of nitrogens with zero attached hydrogens (tertiary/aromatic N) is 1. The smallest absolute Gasteiger partial charge is 0.338 e. The second kappa shape index (κ2) is 7.31. The van der Waals surface area contributed by atoms with Crippen molar-refractivity contribution in [2.24, 2.45) is 5.92 Å². The van der Waals surface area contributed by atoms with Gasteiger partial charge in [-0.3, -0.25) is 0 Å². The predicted molar refractivity (Wildman–Crippen MR) is 83.5 cm³/mol. The Bertz CT molecular complexity index is 488. The number of ether oxygens (including phenoxy) is 1. The number of carbonyl (C=O) groups excluding carboxylic acids is 1. The number of rotatable bonds is 5. The van der Waals surface area contributed by atoms with Crippen molar-refractivity contribution in [2.45, 2.75) is 26.2 Å². The third-order valence-electron chi connectivity index (χ3n) is 3.94. The van der Waals surface area contributed by atoms with Crippen LogP contribution in [0, 0.1) is 5.92 Å². The normalized spacial score (nSPS) is 18.6. The highest BCUT2D eigenvalue weighted by atomic mass is 16.5. The molecule has 0 radical (unpaired) electrons. The minimum Gasteiger partial charge on any atom is -0.462 e. The zero-order valence-electron chi connectivity index (χ0n) is 12.5. The standard InChI is InChI=1S/C16H24N2O3/c1-2-21-16(20)13-5-6-15(14(17)10-13)18-8-3-4-12(11-18)7-9-19/h5-6,10,12,19H,2-4,7-9,11,17H2,1H3. The average molecular weight is 292 g/mol. The van der Waals surface area contributed by atoms with Crippen LogP contribution in [0.4, 0.5) is 11.4 Å². The molecule has 0 aliphatic carbocycles. The summed E-state index contributed by atoms with van der Waals surface area (Å²) in [5.74, 6) is 0.167. The van der Waals surface area contributed by atoms with E-state index in [-0.39, 0.29) is 12.6 Å². The molecule has 1 aromatic rings. The van der Waals surface area contributed by atoms with Crippen molar-refractivity contribution in [3.05, 3.63) is 23.8 Å². The number of piperidine rings is 1. The van der Waals surface area contributed by atoms with Crippen molar-refractivity contribution < 1.29 is 14.6 Å². The van der Waals surface area contributed by atoms with E-state index in [4.69, 9.17) is 15.6 Å². The summed E-state index contributed by atoms with van der Waals surface area (Å²) in [5.41, 5.74) is 8.16. The summed E-state index contributed by atoms with van der Waals surface area (Å²) in [6.07, 6.45) is 3.08. The van der Waals surface area contributed by atoms with E-state index in [9.17, 15) is 4.79 Å². The van der Waals surface area contributed by atoms with Crippen molar-refractivity contribution in [1.82, 2.24) is 0 Å². The first kappa shape index (κ1) is 15.6. The molecular formula is C16H24N2O3. The second-order valence-electron chi connectivity index (χ2n) is 5.46. The largest absolute Gasteiger partial charge is 0.462 e. The Kier molecular flexibility index (Phi) is 5.44. The van der Waals surface area contributed by atoms with Gasteiger partial charge in [-0.05, 0) is 50.3 Å². The van der Waals surface area contributed by atoms with E-state index in [1.165, 1.54) is 0 Å². The van der Waals surface area contributed by atoms with Gasteiger partial charge in [0.05, 0.1) is 23.5 Å². The minimum absolute atomic E-state index is 0.232. The second-order valence-corrected chi connectivity index (χ2v) is 5.46. The molecule has 1 aliphatic rings. The lowest BCUT2D eigenvalue weighted by Crippen LogP contribution is -2.36. The van der Waals surface area contributed by atoms with Gasteiger partial charge in [0.15, 0.2) is 0 Å². The lowest BCUT2D eigenvalue weighted by molar-refractivity contribution is 0.0526. The number of aliphatic hydroxyl groups is 1. The van der Waals surface area contributed by atoms with Gasteiger partial charge in [-0.1, -0.05) is 0 Å². The van der Waals surface area contributed by atoms with Gasteiger partial charge in [0.1, 0.15) is 0 Å².